The lowest BCUT2D eigenvalue weighted by molar-refractivity contribution is -0.384. The lowest BCUT2D eigenvalue weighted by atomic mass is 10.0. The van der Waals surface area contributed by atoms with E-state index in [1.54, 1.807) is 6.20 Å². The zero-order chi connectivity index (χ0) is 14.7. The molecule has 0 atom stereocenters. The molecule has 0 bridgehead atoms. The number of hydrogen-bond acceptors (Lipinski definition) is 5. The Labute approximate surface area is 124 Å². The van der Waals surface area contributed by atoms with E-state index >= 15 is 0 Å². The number of nitrogens with zero attached hydrogens (tertiary/aromatic N) is 3. The van der Waals surface area contributed by atoms with E-state index in [4.69, 9.17) is 0 Å². The summed E-state index contributed by atoms with van der Waals surface area (Å²) in [5.41, 5.74) is -0.00245. The normalized spacial score (nSPS) is 16.0. The first-order chi connectivity index (χ1) is 9.47. The fourth-order valence-corrected chi connectivity index (χ4v) is 2.64. The number of hydrogen-bond donors (Lipinski definition) is 1. The van der Waals surface area contributed by atoms with Crippen molar-refractivity contribution in [1.29, 1.82) is 0 Å². The van der Waals surface area contributed by atoms with Gasteiger partial charge in [-0.25, -0.2) is 4.98 Å². The lowest BCUT2D eigenvalue weighted by Gasteiger charge is -2.32. The molecule has 2 heterocycles. The van der Waals surface area contributed by atoms with Gasteiger partial charge in [-0.3, -0.25) is 14.9 Å². The van der Waals surface area contributed by atoms with Crippen LogP contribution in [-0.4, -0.2) is 34.9 Å². The van der Waals surface area contributed by atoms with Crippen molar-refractivity contribution >= 4 is 33.3 Å². The molecule has 20 heavy (non-hydrogen) atoms. The van der Waals surface area contributed by atoms with E-state index in [9.17, 15) is 14.9 Å². The second-order valence-electron chi connectivity index (χ2n) is 4.72. The smallest absolute Gasteiger partial charge is 0.312 e. The van der Waals surface area contributed by atoms with Crippen molar-refractivity contribution in [3.63, 3.8) is 0 Å². The first kappa shape index (κ1) is 14.7. The summed E-state index contributed by atoms with van der Waals surface area (Å²) in [5, 5.41) is 14.0. The Balaban J connectivity index is 2.11. The Morgan fingerprint density at radius 1 is 1.55 bits per heavy atom. The van der Waals surface area contributed by atoms with Gasteiger partial charge in [0.05, 0.1) is 4.92 Å². The van der Waals surface area contributed by atoms with Crippen molar-refractivity contribution in [2.24, 2.45) is 0 Å². The minimum Gasteiger partial charge on any atom is -0.353 e. The van der Waals surface area contributed by atoms with Crippen LogP contribution in [-0.2, 0) is 4.79 Å². The number of piperidine rings is 1. The van der Waals surface area contributed by atoms with Gasteiger partial charge in [0.15, 0.2) is 0 Å². The van der Waals surface area contributed by atoms with Gasteiger partial charge in [0.1, 0.15) is 0 Å². The number of rotatable bonds is 3. The maximum absolute atomic E-state index is 11.1. The van der Waals surface area contributed by atoms with Crippen molar-refractivity contribution in [2.45, 2.75) is 25.8 Å². The summed E-state index contributed by atoms with van der Waals surface area (Å²) in [7, 11) is 0. The molecule has 0 spiro atoms. The van der Waals surface area contributed by atoms with Gasteiger partial charge < -0.3 is 10.2 Å². The molecule has 1 amide bonds. The molecule has 1 aromatic rings. The zero-order valence-electron chi connectivity index (χ0n) is 11.0. The van der Waals surface area contributed by atoms with E-state index in [1.807, 2.05) is 4.90 Å². The van der Waals surface area contributed by atoms with E-state index in [1.165, 1.54) is 13.0 Å². The predicted molar refractivity (Wildman–Crippen MR) is 77.6 cm³/mol. The number of aromatic nitrogens is 1. The largest absolute Gasteiger partial charge is 0.353 e. The molecule has 7 nitrogen and oxygen atoms in total. The summed E-state index contributed by atoms with van der Waals surface area (Å²) < 4.78 is 0.584. The van der Waals surface area contributed by atoms with Gasteiger partial charge in [-0.1, -0.05) is 0 Å². The molecule has 1 fully saturated rings. The predicted octanol–water partition coefficient (Wildman–Crippen LogP) is 1.86. The van der Waals surface area contributed by atoms with Crippen LogP contribution in [0.3, 0.4) is 0 Å². The van der Waals surface area contributed by atoms with Gasteiger partial charge in [-0.05, 0) is 28.8 Å². The first-order valence-corrected chi connectivity index (χ1v) is 7.08. The number of amides is 1. The minimum atomic E-state index is -0.424. The third-order valence-corrected chi connectivity index (χ3v) is 3.65. The van der Waals surface area contributed by atoms with Crippen molar-refractivity contribution in [3.8, 4) is 0 Å². The van der Waals surface area contributed by atoms with Gasteiger partial charge in [0, 0.05) is 42.8 Å². The Bertz CT molecular complexity index is 529. The number of carbonyl (C=O) groups is 1. The lowest BCUT2D eigenvalue weighted by Crippen LogP contribution is -2.44. The van der Waals surface area contributed by atoms with Crippen molar-refractivity contribution in [1.82, 2.24) is 10.3 Å². The number of nitrogens with one attached hydrogen (secondary N) is 1. The van der Waals surface area contributed by atoms with Crippen LogP contribution >= 0.6 is 15.9 Å². The summed E-state index contributed by atoms with van der Waals surface area (Å²) >= 11 is 3.19. The summed E-state index contributed by atoms with van der Waals surface area (Å²) in [5.74, 6) is 0.343. The van der Waals surface area contributed by atoms with Gasteiger partial charge >= 0.3 is 5.69 Å². The third kappa shape index (κ3) is 3.44. The molecule has 1 aromatic heterocycles. The standard InChI is InChI=1S/C12H15BrN4O3/c1-8(18)15-10-2-4-16(5-3-10)12-11(17(19)20)6-9(13)7-14-12/h6-7,10H,2-5H2,1H3,(H,15,18). The third-order valence-electron chi connectivity index (χ3n) is 3.21. The number of nitro groups is 1. The quantitative estimate of drug-likeness (QED) is 0.668. The highest BCUT2D eigenvalue weighted by molar-refractivity contribution is 9.10. The SMILES string of the molecule is CC(=O)NC1CCN(c2ncc(Br)cc2[N+](=O)[O-])CC1. The van der Waals surface area contributed by atoms with Crippen molar-refractivity contribution in [2.75, 3.05) is 18.0 Å². The van der Waals surface area contributed by atoms with Crippen molar-refractivity contribution in [3.05, 3.63) is 26.9 Å². The molecule has 2 rings (SSSR count). The van der Waals surface area contributed by atoms with E-state index in [0.717, 1.165) is 12.8 Å². The molecular formula is C12H15BrN4O3. The molecule has 0 aliphatic carbocycles. The summed E-state index contributed by atoms with van der Waals surface area (Å²) in [6.07, 6.45) is 3.07. The fraction of sp³-hybridized carbons (Fsp3) is 0.500. The van der Waals surface area contributed by atoms with Crippen LogP contribution in [0.4, 0.5) is 11.5 Å². The highest BCUT2D eigenvalue weighted by Gasteiger charge is 2.26. The highest BCUT2D eigenvalue weighted by atomic mass is 79.9. The summed E-state index contributed by atoms with van der Waals surface area (Å²) in [6.45, 7) is 2.77. The topological polar surface area (TPSA) is 88.4 Å². The van der Waals surface area contributed by atoms with Crippen LogP contribution < -0.4 is 10.2 Å². The highest BCUT2D eigenvalue weighted by Crippen LogP contribution is 2.30. The average Bonchev–Trinajstić information content (AvgIpc) is 2.39. The second-order valence-corrected chi connectivity index (χ2v) is 5.63. The number of halogens is 1. The minimum absolute atomic E-state index is 0.00245. The van der Waals surface area contributed by atoms with Crippen LogP contribution in [0.25, 0.3) is 0 Å². The zero-order valence-corrected chi connectivity index (χ0v) is 12.6. The first-order valence-electron chi connectivity index (χ1n) is 6.29. The number of anilines is 1. The Hall–Kier alpha value is -1.70. The summed E-state index contributed by atoms with van der Waals surface area (Å²) in [6, 6.07) is 1.60. The van der Waals surface area contributed by atoms with E-state index in [0.29, 0.717) is 23.4 Å². The Morgan fingerprint density at radius 3 is 2.75 bits per heavy atom. The molecule has 1 saturated heterocycles. The Kier molecular flexibility index (Phi) is 4.53. The van der Waals surface area contributed by atoms with Gasteiger partial charge in [0.2, 0.25) is 11.7 Å². The fourth-order valence-electron chi connectivity index (χ4n) is 2.32. The number of pyridine rings is 1. The molecule has 1 N–H and O–H groups in total. The summed E-state index contributed by atoms with van der Waals surface area (Å²) in [4.78, 5) is 27.7. The number of carbonyl (C=O) groups excluding carboxylic acids is 1. The van der Waals surface area contributed by atoms with Gasteiger partial charge in [0.25, 0.3) is 0 Å². The molecule has 0 aromatic carbocycles. The monoisotopic (exact) mass is 342 g/mol. The van der Waals surface area contributed by atoms with Gasteiger partial charge in [-0.15, -0.1) is 0 Å². The van der Waals surface area contributed by atoms with Gasteiger partial charge in [-0.2, -0.15) is 0 Å². The maximum atomic E-state index is 11.1. The Morgan fingerprint density at radius 2 is 2.20 bits per heavy atom. The van der Waals surface area contributed by atoms with E-state index in [-0.39, 0.29) is 17.6 Å². The molecular weight excluding hydrogens is 328 g/mol. The van der Waals surface area contributed by atoms with Crippen LogP contribution in [0.5, 0.6) is 0 Å². The second kappa shape index (κ2) is 6.17. The van der Waals surface area contributed by atoms with Crippen LogP contribution in [0.2, 0.25) is 0 Å². The molecule has 8 heteroatoms. The van der Waals surface area contributed by atoms with Crippen LogP contribution in [0.1, 0.15) is 19.8 Å². The maximum Gasteiger partial charge on any atom is 0.312 e. The van der Waals surface area contributed by atoms with E-state index in [2.05, 4.69) is 26.2 Å². The average molecular weight is 343 g/mol. The molecule has 1 aliphatic heterocycles. The van der Waals surface area contributed by atoms with Crippen LogP contribution in [0.15, 0.2) is 16.7 Å². The molecule has 0 saturated carbocycles. The molecule has 108 valence electrons. The molecule has 0 radical (unpaired) electrons. The molecule has 0 unspecified atom stereocenters. The van der Waals surface area contributed by atoms with E-state index < -0.39 is 4.92 Å². The van der Waals surface area contributed by atoms with Crippen LogP contribution in [0, 0.1) is 10.1 Å². The van der Waals surface area contributed by atoms with Crippen molar-refractivity contribution < 1.29 is 9.72 Å². The molecule has 1 aliphatic rings.